The van der Waals surface area contributed by atoms with Gasteiger partial charge in [0.25, 0.3) is 5.91 Å². The van der Waals surface area contributed by atoms with Crippen LogP contribution in [-0.2, 0) is 0 Å². The molecule has 6 nitrogen and oxygen atoms in total. The van der Waals surface area contributed by atoms with Crippen LogP contribution < -0.4 is 0 Å². The van der Waals surface area contributed by atoms with E-state index in [-0.39, 0.29) is 17.9 Å². The van der Waals surface area contributed by atoms with E-state index in [1.165, 1.54) is 0 Å². The van der Waals surface area contributed by atoms with Gasteiger partial charge in [0.2, 0.25) is 0 Å². The third kappa shape index (κ3) is 2.71. The zero-order chi connectivity index (χ0) is 17.6. The van der Waals surface area contributed by atoms with Gasteiger partial charge >= 0.3 is 0 Å². The number of hydrogen-bond acceptors (Lipinski definition) is 4. The number of H-pyrrole nitrogens is 1. The van der Waals surface area contributed by atoms with Crippen LogP contribution in [0.3, 0.4) is 0 Å². The zero-order valence-electron chi connectivity index (χ0n) is 14.7. The molecule has 1 atom stereocenters. The first kappa shape index (κ1) is 15.9. The molecule has 0 saturated carbocycles. The number of likely N-dealkylation sites (tertiary alicyclic amines) is 1. The SMILES string of the molecule is Cc1cccc2[nH]c([C@H]3CCCN3C(=O)c3cc(C(C)C)on3)nc12. The van der Waals surface area contributed by atoms with Crippen LogP contribution in [0.25, 0.3) is 11.0 Å². The second-order valence-corrected chi connectivity index (χ2v) is 7.02. The number of imidazole rings is 1. The molecule has 3 heterocycles. The van der Waals surface area contributed by atoms with Crippen LogP contribution in [0.1, 0.15) is 66.3 Å². The number of aromatic nitrogens is 3. The number of benzene rings is 1. The fraction of sp³-hybridized carbons (Fsp3) is 0.421. The van der Waals surface area contributed by atoms with Gasteiger partial charge in [0.05, 0.1) is 17.1 Å². The van der Waals surface area contributed by atoms with Gasteiger partial charge in [0.1, 0.15) is 11.6 Å². The van der Waals surface area contributed by atoms with Crippen LogP contribution >= 0.6 is 0 Å². The summed E-state index contributed by atoms with van der Waals surface area (Å²) >= 11 is 0. The predicted molar refractivity (Wildman–Crippen MR) is 94.4 cm³/mol. The van der Waals surface area contributed by atoms with Crippen LogP contribution in [0.2, 0.25) is 0 Å². The number of aryl methyl sites for hydroxylation is 1. The normalized spacial score (nSPS) is 17.8. The third-order valence-electron chi connectivity index (χ3n) is 4.88. The minimum atomic E-state index is -0.0877. The van der Waals surface area contributed by atoms with E-state index in [9.17, 15) is 4.79 Å². The lowest BCUT2D eigenvalue weighted by atomic mass is 10.1. The van der Waals surface area contributed by atoms with E-state index in [2.05, 4.69) is 10.1 Å². The van der Waals surface area contributed by atoms with Gasteiger partial charge in [-0.15, -0.1) is 0 Å². The van der Waals surface area contributed by atoms with Crippen molar-refractivity contribution in [2.75, 3.05) is 6.54 Å². The molecule has 1 fully saturated rings. The Morgan fingerprint density at radius 3 is 2.96 bits per heavy atom. The number of fused-ring (bicyclic) bond motifs is 1. The molecule has 0 unspecified atom stereocenters. The predicted octanol–water partition coefficient (Wildman–Crippen LogP) is 3.96. The maximum atomic E-state index is 12.9. The molecule has 0 spiro atoms. The number of para-hydroxylation sites is 1. The van der Waals surface area contributed by atoms with E-state index in [1.54, 1.807) is 6.07 Å². The molecule has 0 aliphatic carbocycles. The minimum absolute atomic E-state index is 0.0431. The molecule has 130 valence electrons. The van der Waals surface area contributed by atoms with Gasteiger partial charge in [-0.2, -0.15) is 0 Å². The van der Waals surface area contributed by atoms with Crippen molar-refractivity contribution in [1.82, 2.24) is 20.0 Å². The summed E-state index contributed by atoms with van der Waals surface area (Å²) < 4.78 is 5.29. The highest BCUT2D eigenvalue weighted by molar-refractivity contribution is 5.92. The summed E-state index contributed by atoms with van der Waals surface area (Å²) in [5.74, 6) is 1.71. The van der Waals surface area contributed by atoms with Crippen molar-refractivity contribution < 1.29 is 9.32 Å². The molecule has 2 aromatic heterocycles. The zero-order valence-corrected chi connectivity index (χ0v) is 14.7. The lowest BCUT2D eigenvalue weighted by Gasteiger charge is -2.21. The second-order valence-electron chi connectivity index (χ2n) is 7.02. The first-order chi connectivity index (χ1) is 12.0. The number of carbonyl (C=O) groups excluding carboxylic acids is 1. The molecule has 6 heteroatoms. The summed E-state index contributed by atoms with van der Waals surface area (Å²) in [6.07, 6.45) is 1.86. The molecule has 0 bridgehead atoms. The highest BCUT2D eigenvalue weighted by Crippen LogP contribution is 2.33. The Morgan fingerprint density at radius 2 is 2.24 bits per heavy atom. The smallest absolute Gasteiger partial charge is 0.276 e. The van der Waals surface area contributed by atoms with Crippen molar-refractivity contribution in [3.05, 3.63) is 47.1 Å². The summed E-state index contributed by atoms with van der Waals surface area (Å²) in [7, 11) is 0. The number of nitrogens with zero attached hydrogens (tertiary/aromatic N) is 3. The second kappa shape index (κ2) is 6.02. The van der Waals surface area contributed by atoms with Crippen LogP contribution in [0, 0.1) is 6.92 Å². The molecule has 0 radical (unpaired) electrons. The number of carbonyl (C=O) groups is 1. The first-order valence-corrected chi connectivity index (χ1v) is 8.77. The number of rotatable bonds is 3. The fourth-order valence-corrected chi connectivity index (χ4v) is 3.46. The maximum Gasteiger partial charge on any atom is 0.276 e. The van der Waals surface area contributed by atoms with Gasteiger partial charge < -0.3 is 14.4 Å². The standard InChI is InChI=1S/C19H22N4O2/c1-11(2)16-10-14(22-25-16)19(24)23-9-5-8-15(23)18-20-13-7-4-6-12(3)17(13)21-18/h4,6-7,10-11,15H,5,8-9H2,1-3H3,(H,20,21)/t15-/m1/s1. The highest BCUT2D eigenvalue weighted by atomic mass is 16.5. The van der Waals surface area contributed by atoms with E-state index in [4.69, 9.17) is 9.51 Å². The third-order valence-corrected chi connectivity index (χ3v) is 4.88. The molecule has 1 aliphatic heterocycles. The number of nitrogens with one attached hydrogen (secondary N) is 1. The molecule has 3 aromatic rings. The van der Waals surface area contributed by atoms with Crippen LogP contribution in [0.4, 0.5) is 0 Å². The highest BCUT2D eigenvalue weighted by Gasteiger charge is 2.34. The Labute approximate surface area is 146 Å². The van der Waals surface area contributed by atoms with Crippen LogP contribution in [-0.4, -0.2) is 32.5 Å². The quantitative estimate of drug-likeness (QED) is 0.784. The van der Waals surface area contributed by atoms with Gasteiger partial charge in [-0.3, -0.25) is 4.79 Å². The number of amides is 1. The van der Waals surface area contributed by atoms with Crippen molar-refractivity contribution >= 4 is 16.9 Å². The van der Waals surface area contributed by atoms with Crippen molar-refractivity contribution in [3.63, 3.8) is 0 Å². The van der Waals surface area contributed by atoms with Gasteiger partial charge in [-0.05, 0) is 31.4 Å². The monoisotopic (exact) mass is 338 g/mol. The van der Waals surface area contributed by atoms with E-state index < -0.39 is 0 Å². The average molecular weight is 338 g/mol. The maximum absolute atomic E-state index is 12.9. The Bertz CT molecular complexity index is 925. The average Bonchev–Trinajstić information content (AvgIpc) is 3.32. The molecule has 1 N–H and O–H groups in total. The summed E-state index contributed by atoms with van der Waals surface area (Å²) in [6.45, 7) is 6.80. The van der Waals surface area contributed by atoms with Crippen molar-refractivity contribution in [3.8, 4) is 0 Å². The number of hydrogen-bond donors (Lipinski definition) is 1. The summed E-state index contributed by atoms with van der Waals surface area (Å²) in [6, 6.07) is 7.80. The summed E-state index contributed by atoms with van der Waals surface area (Å²) in [4.78, 5) is 22.9. The van der Waals surface area contributed by atoms with Gasteiger partial charge in [0.15, 0.2) is 5.69 Å². The Balaban J connectivity index is 1.64. The molecule has 4 rings (SSSR count). The van der Waals surface area contributed by atoms with Crippen molar-refractivity contribution in [2.24, 2.45) is 0 Å². The molecule has 1 amide bonds. The molecular formula is C19H22N4O2. The topological polar surface area (TPSA) is 75.0 Å². The van der Waals surface area contributed by atoms with Crippen LogP contribution in [0.15, 0.2) is 28.8 Å². The van der Waals surface area contributed by atoms with E-state index in [0.717, 1.165) is 41.0 Å². The molecule has 1 aliphatic rings. The number of aromatic amines is 1. The molecular weight excluding hydrogens is 316 g/mol. The lowest BCUT2D eigenvalue weighted by molar-refractivity contribution is 0.0720. The molecule has 25 heavy (non-hydrogen) atoms. The lowest BCUT2D eigenvalue weighted by Crippen LogP contribution is -2.31. The Kier molecular flexibility index (Phi) is 3.82. The summed E-state index contributed by atoms with van der Waals surface area (Å²) in [5, 5.41) is 3.97. The van der Waals surface area contributed by atoms with Crippen LogP contribution in [0.5, 0.6) is 0 Å². The van der Waals surface area contributed by atoms with E-state index >= 15 is 0 Å². The first-order valence-electron chi connectivity index (χ1n) is 8.77. The van der Waals surface area contributed by atoms with Gasteiger partial charge in [-0.1, -0.05) is 31.1 Å². The van der Waals surface area contributed by atoms with Crippen molar-refractivity contribution in [1.29, 1.82) is 0 Å². The van der Waals surface area contributed by atoms with Gasteiger partial charge in [0, 0.05) is 18.5 Å². The van der Waals surface area contributed by atoms with Crippen molar-refractivity contribution in [2.45, 2.75) is 45.6 Å². The fourth-order valence-electron chi connectivity index (χ4n) is 3.46. The largest absolute Gasteiger partial charge is 0.360 e. The van der Waals surface area contributed by atoms with E-state index in [1.807, 2.05) is 43.9 Å². The molecule has 1 aromatic carbocycles. The Hall–Kier alpha value is -2.63. The van der Waals surface area contributed by atoms with E-state index in [0.29, 0.717) is 12.2 Å². The molecule has 1 saturated heterocycles. The Morgan fingerprint density at radius 1 is 1.40 bits per heavy atom. The minimum Gasteiger partial charge on any atom is -0.360 e. The summed E-state index contributed by atoms with van der Waals surface area (Å²) in [5.41, 5.74) is 3.50. The van der Waals surface area contributed by atoms with Gasteiger partial charge in [-0.25, -0.2) is 4.98 Å².